The SMILES string of the molecule is CCN1CCCc2cc(/N=C(\C(=O)Nc3ccc(S(=O)(=O)NC(C)=O)cc3Cl)c3nc4nccnc4c(=O)n3C3=CC=CC3C)ccc21. The van der Waals surface area contributed by atoms with Crippen molar-refractivity contribution in [2.45, 2.75) is 38.5 Å². The molecule has 2 aromatic carbocycles. The first-order chi connectivity index (χ1) is 23.0. The summed E-state index contributed by atoms with van der Waals surface area (Å²) in [6.45, 7) is 6.87. The summed E-state index contributed by atoms with van der Waals surface area (Å²) in [6, 6.07) is 9.29. The molecule has 2 aromatic heterocycles. The molecule has 0 saturated carbocycles. The maximum atomic E-state index is 14.3. The Balaban J connectivity index is 1.51. The quantitative estimate of drug-likeness (QED) is 0.258. The predicted molar refractivity (Wildman–Crippen MR) is 184 cm³/mol. The van der Waals surface area contributed by atoms with Crippen LogP contribution < -0.4 is 20.5 Å². The lowest BCUT2D eigenvalue weighted by Crippen LogP contribution is -2.34. The number of aryl methyl sites for hydroxylation is 1. The van der Waals surface area contributed by atoms with E-state index in [2.05, 4.69) is 32.1 Å². The molecule has 0 saturated heterocycles. The normalized spacial score (nSPS) is 16.1. The van der Waals surface area contributed by atoms with Gasteiger partial charge >= 0.3 is 0 Å². The van der Waals surface area contributed by atoms with Gasteiger partial charge in [0, 0.05) is 49.7 Å². The lowest BCUT2D eigenvalue weighted by atomic mass is 10.0. The zero-order valence-corrected chi connectivity index (χ0v) is 27.8. The Kier molecular flexibility index (Phi) is 8.95. The van der Waals surface area contributed by atoms with E-state index in [1.807, 2.05) is 35.9 Å². The monoisotopic (exact) mass is 686 g/mol. The number of halogens is 1. The van der Waals surface area contributed by atoms with E-state index >= 15 is 0 Å². The number of anilines is 2. The standard InChI is InChI=1S/C33H31ClN8O5S/c1-4-41-16-6-8-21-17-22(10-13-27(21)41)37-29(32(44)38-25-12-11-23(18-24(25)34)48(46,47)40-20(3)43)31-39-30-28(35-14-15-36-30)33(45)42(31)26-9-5-7-19(26)2/h5,7,9-15,17-19H,4,6,8,16H2,1-3H3,(H,38,44)(H,40,43)/b37-29-. The molecular formula is C33H31ClN8O5S. The summed E-state index contributed by atoms with van der Waals surface area (Å²) in [5, 5.41) is 2.59. The number of fused-ring (bicyclic) bond motifs is 2. The fourth-order valence-corrected chi connectivity index (χ4v) is 7.06. The minimum Gasteiger partial charge on any atom is -0.372 e. The van der Waals surface area contributed by atoms with E-state index < -0.39 is 27.4 Å². The highest BCUT2D eigenvalue weighted by Gasteiger charge is 2.28. The molecule has 6 rings (SSSR count). The molecule has 1 aliphatic heterocycles. The van der Waals surface area contributed by atoms with Gasteiger partial charge in [0.1, 0.15) is 0 Å². The molecule has 2 amide bonds. The average Bonchev–Trinajstić information content (AvgIpc) is 3.48. The van der Waals surface area contributed by atoms with Crippen LogP contribution in [-0.4, -0.2) is 58.6 Å². The van der Waals surface area contributed by atoms with Crippen molar-refractivity contribution in [3.05, 3.63) is 93.8 Å². The third-order valence-electron chi connectivity index (χ3n) is 8.00. The number of aromatic nitrogens is 4. The van der Waals surface area contributed by atoms with Gasteiger partial charge in [0.2, 0.25) is 5.91 Å². The van der Waals surface area contributed by atoms with E-state index in [0.29, 0.717) is 11.4 Å². The number of allylic oxidation sites excluding steroid dienone is 4. The maximum Gasteiger partial charge on any atom is 0.286 e. The van der Waals surface area contributed by atoms with Crippen molar-refractivity contribution in [3.8, 4) is 0 Å². The molecular weight excluding hydrogens is 656 g/mol. The van der Waals surface area contributed by atoms with Gasteiger partial charge in [0.25, 0.3) is 21.5 Å². The molecule has 13 nitrogen and oxygen atoms in total. The molecule has 0 bridgehead atoms. The molecule has 0 spiro atoms. The van der Waals surface area contributed by atoms with Gasteiger partial charge in [0.15, 0.2) is 22.7 Å². The topological polar surface area (TPSA) is 169 Å². The summed E-state index contributed by atoms with van der Waals surface area (Å²) in [6.07, 6.45) is 10.1. The van der Waals surface area contributed by atoms with E-state index in [1.54, 1.807) is 12.1 Å². The number of amides is 2. The Bertz CT molecular complexity index is 2250. The maximum absolute atomic E-state index is 14.3. The molecule has 2 aliphatic rings. The molecule has 4 aromatic rings. The second-order valence-corrected chi connectivity index (χ2v) is 13.4. The number of aliphatic imine (C=N–C) groups is 1. The van der Waals surface area contributed by atoms with Crippen LogP contribution in [0.2, 0.25) is 5.02 Å². The number of carbonyl (C=O) groups is 2. The van der Waals surface area contributed by atoms with Gasteiger partial charge in [-0.25, -0.2) is 33.1 Å². The highest BCUT2D eigenvalue weighted by Crippen LogP contribution is 2.32. The first kappa shape index (κ1) is 32.7. The highest BCUT2D eigenvalue weighted by atomic mass is 35.5. The van der Waals surface area contributed by atoms with Crippen LogP contribution in [0.25, 0.3) is 16.9 Å². The number of sulfonamides is 1. The van der Waals surface area contributed by atoms with Crippen molar-refractivity contribution in [2.24, 2.45) is 10.9 Å². The molecule has 1 atom stereocenters. The van der Waals surface area contributed by atoms with Crippen LogP contribution in [0.5, 0.6) is 0 Å². The smallest absolute Gasteiger partial charge is 0.286 e. The zero-order valence-electron chi connectivity index (χ0n) is 26.3. The van der Waals surface area contributed by atoms with Gasteiger partial charge in [-0.2, -0.15) is 0 Å². The van der Waals surface area contributed by atoms with E-state index in [1.165, 1.54) is 29.1 Å². The third kappa shape index (κ3) is 6.36. The Morgan fingerprint density at radius 2 is 1.92 bits per heavy atom. The molecule has 246 valence electrons. The number of rotatable bonds is 8. The van der Waals surface area contributed by atoms with Crippen LogP contribution in [-0.2, 0) is 26.0 Å². The van der Waals surface area contributed by atoms with Gasteiger partial charge < -0.3 is 10.2 Å². The summed E-state index contributed by atoms with van der Waals surface area (Å²) < 4.78 is 28.3. The Hall–Kier alpha value is -5.21. The van der Waals surface area contributed by atoms with Crippen LogP contribution in [0, 0.1) is 5.92 Å². The van der Waals surface area contributed by atoms with E-state index in [4.69, 9.17) is 16.6 Å². The average molecular weight is 687 g/mol. The van der Waals surface area contributed by atoms with Crippen molar-refractivity contribution in [3.63, 3.8) is 0 Å². The lowest BCUT2D eigenvalue weighted by Gasteiger charge is -2.30. The molecule has 0 radical (unpaired) electrons. The Labute approximate surface area is 281 Å². The van der Waals surface area contributed by atoms with Crippen molar-refractivity contribution >= 4 is 73.1 Å². The van der Waals surface area contributed by atoms with E-state index in [-0.39, 0.29) is 44.2 Å². The van der Waals surface area contributed by atoms with Crippen molar-refractivity contribution < 1.29 is 18.0 Å². The molecule has 48 heavy (non-hydrogen) atoms. The van der Waals surface area contributed by atoms with Crippen LogP contribution in [0.15, 0.2) is 81.7 Å². The molecule has 15 heteroatoms. The number of hydrogen-bond donors (Lipinski definition) is 2. The second-order valence-electron chi connectivity index (χ2n) is 11.3. The van der Waals surface area contributed by atoms with Crippen LogP contribution >= 0.6 is 11.6 Å². The van der Waals surface area contributed by atoms with E-state index in [0.717, 1.165) is 50.2 Å². The molecule has 2 N–H and O–H groups in total. The van der Waals surface area contributed by atoms with Crippen LogP contribution in [0.4, 0.5) is 17.1 Å². The lowest BCUT2D eigenvalue weighted by molar-refractivity contribution is -0.117. The molecule has 0 fully saturated rings. The van der Waals surface area contributed by atoms with Crippen LogP contribution in [0.1, 0.15) is 38.6 Å². The number of benzene rings is 2. The fourth-order valence-electron chi connectivity index (χ4n) is 5.75. The molecule has 3 heterocycles. The molecule has 1 aliphatic carbocycles. The summed E-state index contributed by atoms with van der Waals surface area (Å²) in [4.78, 5) is 59.6. The first-order valence-corrected chi connectivity index (χ1v) is 17.1. The zero-order chi connectivity index (χ0) is 34.2. The number of nitrogens with one attached hydrogen (secondary N) is 2. The minimum atomic E-state index is -4.18. The van der Waals surface area contributed by atoms with Crippen molar-refractivity contribution in [1.82, 2.24) is 24.2 Å². The van der Waals surface area contributed by atoms with Gasteiger partial charge in [-0.05, 0) is 67.8 Å². The summed E-state index contributed by atoms with van der Waals surface area (Å²) >= 11 is 6.45. The minimum absolute atomic E-state index is 0.0217. The first-order valence-electron chi connectivity index (χ1n) is 15.2. The molecule has 1 unspecified atom stereocenters. The summed E-state index contributed by atoms with van der Waals surface area (Å²) in [5.41, 5.74) is 2.57. The summed E-state index contributed by atoms with van der Waals surface area (Å²) in [7, 11) is -4.18. The number of hydrogen-bond acceptors (Lipinski definition) is 10. The number of carbonyl (C=O) groups excluding carboxylic acids is 2. The van der Waals surface area contributed by atoms with Crippen molar-refractivity contribution in [2.75, 3.05) is 23.3 Å². The Morgan fingerprint density at radius 3 is 2.62 bits per heavy atom. The predicted octanol–water partition coefficient (Wildman–Crippen LogP) is 4.24. The largest absolute Gasteiger partial charge is 0.372 e. The third-order valence-corrected chi connectivity index (χ3v) is 9.75. The second kappa shape index (κ2) is 13.1. The van der Waals surface area contributed by atoms with Crippen molar-refractivity contribution in [1.29, 1.82) is 0 Å². The highest BCUT2D eigenvalue weighted by molar-refractivity contribution is 7.90. The van der Waals surface area contributed by atoms with Gasteiger partial charge in [-0.1, -0.05) is 30.7 Å². The fraction of sp³-hybridized carbons (Fsp3) is 0.242. The van der Waals surface area contributed by atoms with Gasteiger partial charge in [0.05, 0.1) is 21.3 Å². The van der Waals surface area contributed by atoms with Gasteiger partial charge in [-0.15, -0.1) is 0 Å². The Morgan fingerprint density at radius 1 is 1.12 bits per heavy atom. The number of nitrogens with zero attached hydrogens (tertiary/aromatic N) is 6. The summed E-state index contributed by atoms with van der Waals surface area (Å²) in [5.74, 6) is -1.81. The van der Waals surface area contributed by atoms with E-state index in [9.17, 15) is 22.8 Å². The van der Waals surface area contributed by atoms with Gasteiger partial charge in [-0.3, -0.25) is 19.0 Å². The van der Waals surface area contributed by atoms with Crippen LogP contribution in [0.3, 0.4) is 0 Å².